The van der Waals surface area contributed by atoms with Gasteiger partial charge in [0.15, 0.2) is 11.6 Å². The molecule has 3 heterocycles. The summed E-state index contributed by atoms with van der Waals surface area (Å²) in [4.78, 5) is 8.68. The van der Waals surface area contributed by atoms with Gasteiger partial charge in [0.1, 0.15) is 0 Å². The van der Waals surface area contributed by atoms with Gasteiger partial charge in [-0.05, 0) is 45.9 Å². The van der Waals surface area contributed by atoms with Crippen molar-refractivity contribution in [3.63, 3.8) is 0 Å². The summed E-state index contributed by atoms with van der Waals surface area (Å²) in [6, 6.07) is 5.43. The van der Waals surface area contributed by atoms with Crippen molar-refractivity contribution >= 4 is 12.7 Å². The first-order valence-electron chi connectivity index (χ1n) is 6.61. The van der Waals surface area contributed by atoms with Crippen LogP contribution in [0.5, 0.6) is 0 Å². The van der Waals surface area contributed by atoms with Crippen molar-refractivity contribution < 1.29 is 13.7 Å². The second-order valence-corrected chi connectivity index (χ2v) is 5.87. The Kier molecular flexibility index (Phi) is 2.95. The van der Waals surface area contributed by atoms with Crippen LogP contribution in [0, 0.1) is 0 Å². The Hall–Kier alpha value is -1.66. The van der Waals surface area contributed by atoms with Crippen LogP contribution in [0.2, 0.25) is 0 Å². The molecule has 2 aromatic heterocycles. The van der Waals surface area contributed by atoms with Crippen LogP contribution in [-0.4, -0.2) is 28.3 Å². The van der Waals surface area contributed by atoms with Crippen LogP contribution in [-0.2, 0) is 9.31 Å². The largest absolute Gasteiger partial charge is 0.514 e. The first-order chi connectivity index (χ1) is 9.39. The van der Waals surface area contributed by atoms with Gasteiger partial charge in [0.05, 0.1) is 23.1 Å². The van der Waals surface area contributed by atoms with Gasteiger partial charge in [-0.2, -0.15) is 0 Å². The molecule has 1 aliphatic rings. The molecule has 0 aliphatic carbocycles. The van der Waals surface area contributed by atoms with Gasteiger partial charge in [-0.25, -0.2) is 9.97 Å². The topological polar surface area (TPSA) is 57.4 Å². The molecule has 0 spiro atoms. The van der Waals surface area contributed by atoms with Gasteiger partial charge in [0.2, 0.25) is 0 Å². The Labute approximate surface area is 118 Å². The molecule has 20 heavy (non-hydrogen) atoms. The van der Waals surface area contributed by atoms with Gasteiger partial charge in [-0.15, -0.1) is 0 Å². The van der Waals surface area contributed by atoms with Crippen LogP contribution in [0.4, 0.5) is 0 Å². The molecule has 1 aliphatic heterocycles. The van der Waals surface area contributed by atoms with Crippen LogP contribution >= 0.6 is 0 Å². The van der Waals surface area contributed by atoms with Gasteiger partial charge < -0.3 is 13.7 Å². The SMILES string of the molecule is CC1(C)OB(c2ccnc(-c3ccco3)n2)OC1(C)C. The molecule has 0 unspecified atom stereocenters. The molecule has 1 saturated heterocycles. The summed E-state index contributed by atoms with van der Waals surface area (Å²) >= 11 is 0. The van der Waals surface area contributed by atoms with E-state index in [0.29, 0.717) is 17.2 Å². The van der Waals surface area contributed by atoms with E-state index in [1.54, 1.807) is 24.6 Å². The number of furan rings is 1. The highest BCUT2D eigenvalue weighted by Gasteiger charge is 2.52. The van der Waals surface area contributed by atoms with Gasteiger partial charge in [0, 0.05) is 6.20 Å². The van der Waals surface area contributed by atoms with E-state index in [2.05, 4.69) is 9.97 Å². The average molecular weight is 272 g/mol. The zero-order chi connectivity index (χ0) is 14.4. The highest BCUT2D eigenvalue weighted by Crippen LogP contribution is 2.36. The molecule has 3 rings (SSSR count). The normalized spacial score (nSPS) is 20.3. The van der Waals surface area contributed by atoms with Crippen LogP contribution in [0.3, 0.4) is 0 Å². The molecule has 0 aromatic carbocycles. The quantitative estimate of drug-likeness (QED) is 0.783. The molecular formula is C14H17BN2O3. The van der Waals surface area contributed by atoms with E-state index in [-0.39, 0.29) is 11.2 Å². The predicted molar refractivity (Wildman–Crippen MR) is 75.5 cm³/mol. The molecule has 0 bridgehead atoms. The Bertz CT molecular complexity index is 595. The molecule has 0 radical (unpaired) electrons. The van der Waals surface area contributed by atoms with E-state index in [9.17, 15) is 0 Å². The summed E-state index contributed by atoms with van der Waals surface area (Å²) in [7, 11) is -0.489. The Morgan fingerprint density at radius 1 is 1.05 bits per heavy atom. The molecule has 0 amide bonds. The van der Waals surface area contributed by atoms with Crippen molar-refractivity contribution in [2.24, 2.45) is 0 Å². The first kappa shape index (κ1) is 13.3. The lowest BCUT2D eigenvalue weighted by atomic mass is 9.84. The van der Waals surface area contributed by atoms with E-state index < -0.39 is 7.12 Å². The van der Waals surface area contributed by atoms with E-state index in [0.717, 1.165) is 0 Å². The minimum Gasteiger partial charge on any atom is -0.461 e. The number of hydrogen-bond acceptors (Lipinski definition) is 5. The predicted octanol–water partition coefficient (Wildman–Crippen LogP) is 2.04. The summed E-state index contributed by atoms with van der Waals surface area (Å²) in [5, 5.41) is 0. The smallest absolute Gasteiger partial charge is 0.461 e. The van der Waals surface area contributed by atoms with E-state index in [1.165, 1.54) is 0 Å². The fourth-order valence-corrected chi connectivity index (χ4v) is 1.99. The van der Waals surface area contributed by atoms with Crippen LogP contribution in [0.1, 0.15) is 27.7 Å². The molecule has 5 nitrogen and oxygen atoms in total. The highest BCUT2D eigenvalue weighted by molar-refractivity contribution is 6.61. The van der Waals surface area contributed by atoms with Crippen molar-refractivity contribution in [2.75, 3.05) is 0 Å². The summed E-state index contributed by atoms with van der Waals surface area (Å²) in [5.41, 5.74) is -0.0639. The number of hydrogen-bond donors (Lipinski definition) is 0. The Balaban J connectivity index is 1.91. The standard InChI is InChI=1S/C14H17BN2O3/c1-13(2)14(3,4)20-15(19-13)11-7-8-16-12(17-11)10-6-5-9-18-10/h5-9H,1-4H3. The van der Waals surface area contributed by atoms with Crippen molar-refractivity contribution in [1.29, 1.82) is 0 Å². The van der Waals surface area contributed by atoms with Crippen LogP contribution in [0.15, 0.2) is 35.1 Å². The second kappa shape index (κ2) is 4.43. The minimum atomic E-state index is -0.489. The molecule has 0 atom stereocenters. The number of rotatable bonds is 2. The molecule has 104 valence electrons. The van der Waals surface area contributed by atoms with Gasteiger partial charge >= 0.3 is 7.12 Å². The van der Waals surface area contributed by atoms with Crippen LogP contribution < -0.4 is 5.59 Å². The zero-order valence-electron chi connectivity index (χ0n) is 12.1. The third-order valence-electron chi connectivity index (χ3n) is 3.91. The van der Waals surface area contributed by atoms with Crippen molar-refractivity contribution in [3.05, 3.63) is 30.7 Å². The third-order valence-corrected chi connectivity index (χ3v) is 3.91. The monoisotopic (exact) mass is 272 g/mol. The van der Waals surface area contributed by atoms with Gasteiger partial charge in [-0.1, -0.05) is 0 Å². The third kappa shape index (κ3) is 2.15. The Morgan fingerprint density at radius 3 is 2.35 bits per heavy atom. The van der Waals surface area contributed by atoms with Crippen molar-refractivity contribution in [2.45, 2.75) is 38.9 Å². The molecular weight excluding hydrogens is 255 g/mol. The second-order valence-electron chi connectivity index (χ2n) is 5.87. The van der Waals surface area contributed by atoms with E-state index >= 15 is 0 Å². The lowest BCUT2D eigenvalue weighted by Crippen LogP contribution is -2.41. The molecule has 0 saturated carbocycles. The maximum absolute atomic E-state index is 5.98. The summed E-state index contributed by atoms with van der Waals surface area (Å²) in [6.45, 7) is 8.06. The summed E-state index contributed by atoms with van der Waals surface area (Å²) < 4.78 is 17.3. The average Bonchev–Trinajstić information content (AvgIpc) is 2.97. The fourth-order valence-electron chi connectivity index (χ4n) is 1.99. The van der Waals surface area contributed by atoms with Gasteiger partial charge in [0.25, 0.3) is 0 Å². The minimum absolute atomic E-state index is 0.381. The molecule has 2 aromatic rings. The molecule has 6 heteroatoms. The van der Waals surface area contributed by atoms with Crippen LogP contribution in [0.25, 0.3) is 11.6 Å². The first-order valence-corrected chi connectivity index (χ1v) is 6.61. The van der Waals surface area contributed by atoms with Crippen molar-refractivity contribution in [1.82, 2.24) is 9.97 Å². The number of aromatic nitrogens is 2. The van der Waals surface area contributed by atoms with E-state index in [1.807, 2.05) is 33.8 Å². The lowest BCUT2D eigenvalue weighted by Gasteiger charge is -2.32. The highest BCUT2D eigenvalue weighted by atomic mass is 16.7. The molecule has 1 fully saturated rings. The van der Waals surface area contributed by atoms with Crippen molar-refractivity contribution in [3.8, 4) is 11.6 Å². The maximum Gasteiger partial charge on any atom is 0.514 e. The summed E-state index contributed by atoms with van der Waals surface area (Å²) in [5.74, 6) is 1.16. The fraction of sp³-hybridized carbons (Fsp3) is 0.429. The van der Waals surface area contributed by atoms with E-state index in [4.69, 9.17) is 13.7 Å². The zero-order valence-corrected chi connectivity index (χ0v) is 12.1. The number of nitrogens with zero attached hydrogens (tertiary/aromatic N) is 2. The Morgan fingerprint density at radius 2 is 1.75 bits per heavy atom. The molecule has 0 N–H and O–H groups in total. The van der Waals surface area contributed by atoms with Gasteiger partial charge in [-0.3, -0.25) is 0 Å². The summed E-state index contributed by atoms with van der Waals surface area (Å²) in [6.07, 6.45) is 3.28. The maximum atomic E-state index is 5.98. The lowest BCUT2D eigenvalue weighted by molar-refractivity contribution is 0.00578.